The third-order valence-electron chi connectivity index (χ3n) is 3.26. The van der Waals surface area contributed by atoms with E-state index in [1.165, 1.54) is 6.42 Å². The van der Waals surface area contributed by atoms with Crippen LogP contribution in [0.4, 0.5) is 0 Å². The number of hydrogen-bond donors (Lipinski definition) is 1. The molecule has 0 radical (unpaired) electrons. The first-order chi connectivity index (χ1) is 7.68. The van der Waals surface area contributed by atoms with Gasteiger partial charge < -0.3 is 0 Å². The Balaban J connectivity index is 1.90. The molecule has 0 bridgehead atoms. The summed E-state index contributed by atoms with van der Waals surface area (Å²) in [6, 6.07) is 0. The summed E-state index contributed by atoms with van der Waals surface area (Å²) in [5, 5.41) is 1.84. The van der Waals surface area contributed by atoms with Gasteiger partial charge in [0.05, 0.1) is 0 Å². The van der Waals surface area contributed by atoms with Crippen molar-refractivity contribution in [1.29, 1.82) is 0 Å². The molecule has 0 aromatic rings. The van der Waals surface area contributed by atoms with E-state index in [1.54, 1.807) is 4.31 Å². The van der Waals surface area contributed by atoms with E-state index in [9.17, 15) is 8.42 Å². The lowest BCUT2D eigenvalue weighted by Crippen LogP contribution is -2.52. The van der Waals surface area contributed by atoms with Gasteiger partial charge in [-0.15, -0.1) is 4.83 Å². The van der Waals surface area contributed by atoms with E-state index in [2.05, 4.69) is 4.83 Å². The highest BCUT2D eigenvalue weighted by atomic mass is 32.2. The molecule has 2 rings (SSSR count). The van der Waals surface area contributed by atoms with Gasteiger partial charge in [-0.2, -0.15) is 12.7 Å². The van der Waals surface area contributed by atoms with Crippen LogP contribution in [0.2, 0.25) is 0 Å². The fourth-order valence-corrected chi connectivity index (χ4v) is 3.67. The highest BCUT2D eigenvalue weighted by molar-refractivity contribution is 7.87. The van der Waals surface area contributed by atoms with Crippen molar-refractivity contribution in [3.8, 4) is 0 Å². The Morgan fingerprint density at radius 2 is 1.25 bits per heavy atom. The third kappa shape index (κ3) is 3.16. The molecule has 0 aromatic heterocycles. The van der Waals surface area contributed by atoms with Gasteiger partial charge in [0.25, 0.3) is 10.2 Å². The van der Waals surface area contributed by atoms with Crippen LogP contribution in [0.15, 0.2) is 0 Å². The SMILES string of the molecule is O=S(=O)(NN1CCCCC1)N1CCCCC1. The summed E-state index contributed by atoms with van der Waals surface area (Å²) in [7, 11) is -3.27. The number of hydrogen-bond acceptors (Lipinski definition) is 3. The molecule has 0 aliphatic carbocycles. The van der Waals surface area contributed by atoms with Gasteiger partial charge in [-0.05, 0) is 25.7 Å². The first-order valence-corrected chi connectivity index (χ1v) is 7.65. The van der Waals surface area contributed by atoms with Gasteiger partial charge in [0.15, 0.2) is 0 Å². The van der Waals surface area contributed by atoms with E-state index < -0.39 is 10.2 Å². The highest BCUT2D eigenvalue weighted by Gasteiger charge is 2.26. The molecule has 2 fully saturated rings. The van der Waals surface area contributed by atoms with Gasteiger partial charge in [-0.25, -0.2) is 5.01 Å². The topological polar surface area (TPSA) is 52.7 Å². The van der Waals surface area contributed by atoms with Gasteiger partial charge in [0, 0.05) is 26.2 Å². The van der Waals surface area contributed by atoms with Crippen molar-refractivity contribution < 1.29 is 8.42 Å². The largest absolute Gasteiger partial charge is 0.292 e. The van der Waals surface area contributed by atoms with Crippen LogP contribution >= 0.6 is 0 Å². The molecule has 2 aliphatic rings. The Bertz CT molecular complexity index is 306. The molecule has 0 spiro atoms. The Kier molecular flexibility index (Phi) is 4.18. The Labute approximate surface area is 97.9 Å². The summed E-state index contributed by atoms with van der Waals surface area (Å²) in [6.07, 6.45) is 6.50. The van der Waals surface area contributed by atoms with Gasteiger partial charge >= 0.3 is 0 Å². The van der Waals surface area contributed by atoms with E-state index in [4.69, 9.17) is 0 Å². The lowest BCUT2D eigenvalue weighted by Gasteiger charge is -2.31. The number of piperidine rings is 2. The molecule has 0 amide bonds. The number of nitrogens with zero attached hydrogens (tertiary/aromatic N) is 2. The molecule has 5 nitrogen and oxygen atoms in total. The van der Waals surface area contributed by atoms with Crippen LogP contribution in [0.1, 0.15) is 38.5 Å². The van der Waals surface area contributed by atoms with Crippen molar-refractivity contribution in [1.82, 2.24) is 14.1 Å². The number of nitrogens with one attached hydrogen (secondary N) is 1. The maximum absolute atomic E-state index is 12.0. The molecule has 2 heterocycles. The minimum absolute atomic E-state index is 0.670. The maximum Gasteiger partial charge on any atom is 0.292 e. The van der Waals surface area contributed by atoms with Gasteiger partial charge in [-0.1, -0.05) is 12.8 Å². The van der Waals surface area contributed by atoms with E-state index >= 15 is 0 Å². The zero-order valence-corrected chi connectivity index (χ0v) is 10.5. The Hall–Kier alpha value is -0.170. The standard InChI is InChI=1S/C10H21N3O2S/c14-16(15,13-9-5-2-6-10-13)11-12-7-3-1-4-8-12/h11H,1-10H2. The zero-order chi connectivity index (χ0) is 11.4. The molecule has 0 saturated carbocycles. The van der Waals surface area contributed by atoms with Crippen LogP contribution in [0, 0.1) is 0 Å². The second-order valence-electron chi connectivity index (χ2n) is 4.60. The zero-order valence-electron chi connectivity index (χ0n) is 9.69. The van der Waals surface area contributed by atoms with Gasteiger partial charge in [0.1, 0.15) is 0 Å². The summed E-state index contributed by atoms with van der Waals surface area (Å²) >= 11 is 0. The predicted molar refractivity (Wildman–Crippen MR) is 62.9 cm³/mol. The molecule has 2 aliphatic heterocycles. The van der Waals surface area contributed by atoms with Crippen molar-refractivity contribution in [2.45, 2.75) is 38.5 Å². The normalized spacial score (nSPS) is 25.8. The average Bonchev–Trinajstić information content (AvgIpc) is 2.31. The summed E-state index contributed by atoms with van der Waals surface area (Å²) in [5.41, 5.74) is 0. The average molecular weight is 247 g/mol. The Morgan fingerprint density at radius 3 is 1.81 bits per heavy atom. The van der Waals surface area contributed by atoms with Crippen LogP contribution in [0.25, 0.3) is 0 Å². The minimum atomic E-state index is -3.27. The first kappa shape index (κ1) is 12.3. The van der Waals surface area contributed by atoms with Gasteiger partial charge in [-0.3, -0.25) is 0 Å². The lowest BCUT2D eigenvalue weighted by atomic mass is 10.2. The third-order valence-corrected chi connectivity index (χ3v) is 4.79. The smallest absolute Gasteiger partial charge is 0.230 e. The predicted octanol–water partition coefficient (Wildman–Crippen LogP) is 0.708. The fourth-order valence-electron chi connectivity index (χ4n) is 2.31. The second kappa shape index (κ2) is 5.44. The van der Waals surface area contributed by atoms with Crippen molar-refractivity contribution in [2.24, 2.45) is 0 Å². The molecular formula is C10H21N3O2S. The molecule has 1 N–H and O–H groups in total. The molecular weight excluding hydrogens is 226 g/mol. The van der Waals surface area contributed by atoms with Crippen LogP contribution < -0.4 is 4.83 Å². The highest BCUT2D eigenvalue weighted by Crippen LogP contribution is 2.13. The molecule has 94 valence electrons. The molecule has 0 aromatic carbocycles. The first-order valence-electron chi connectivity index (χ1n) is 6.21. The Morgan fingerprint density at radius 1 is 0.750 bits per heavy atom. The molecule has 6 heteroatoms. The fraction of sp³-hybridized carbons (Fsp3) is 1.00. The van der Waals surface area contributed by atoms with Crippen molar-refractivity contribution >= 4 is 10.2 Å². The van der Waals surface area contributed by atoms with Crippen molar-refractivity contribution in [3.05, 3.63) is 0 Å². The lowest BCUT2D eigenvalue weighted by molar-refractivity contribution is 0.191. The summed E-state index contributed by atoms with van der Waals surface area (Å²) in [6.45, 7) is 3.02. The monoisotopic (exact) mass is 247 g/mol. The van der Waals surface area contributed by atoms with Crippen LogP contribution in [-0.2, 0) is 10.2 Å². The second-order valence-corrected chi connectivity index (χ2v) is 6.25. The quantitative estimate of drug-likeness (QED) is 0.799. The van der Waals surface area contributed by atoms with E-state index in [0.29, 0.717) is 13.1 Å². The summed E-state index contributed by atoms with van der Waals surface area (Å²) < 4.78 is 25.6. The molecule has 0 atom stereocenters. The summed E-state index contributed by atoms with van der Waals surface area (Å²) in [5.74, 6) is 0. The number of rotatable bonds is 3. The van der Waals surface area contributed by atoms with E-state index in [0.717, 1.165) is 45.2 Å². The molecule has 16 heavy (non-hydrogen) atoms. The van der Waals surface area contributed by atoms with Gasteiger partial charge in [0.2, 0.25) is 0 Å². The van der Waals surface area contributed by atoms with E-state index in [1.807, 2.05) is 5.01 Å². The maximum atomic E-state index is 12.0. The summed E-state index contributed by atoms with van der Waals surface area (Å²) in [4.78, 5) is 2.70. The van der Waals surface area contributed by atoms with Crippen LogP contribution in [0.3, 0.4) is 0 Å². The molecule has 0 unspecified atom stereocenters. The van der Waals surface area contributed by atoms with Crippen LogP contribution in [0.5, 0.6) is 0 Å². The van der Waals surface area contributed by atoms with Crippen molar-refractivity contribution in [2.75, 3.05) is 26.2 Å². The minimum Gasteiger partial charge on any atom is -0.230 e. The number of hydrazine groups is 1. The molecule has 2 saturated heterocycles. The van der Waals surface area contributed by atoms with Crippen LogP contribution in [-0.4, -0.2) is 43.9 Å². The van der Waals surface area contributed by atoms with E-state index in [-0.39, 0.29) is 0 Å². The van der Waals surface area contributed by atoms with Crippen molar-refractivity contribution in [3.63, 3.8) is 0 Å².